The summed E-state index contributed by atoms with van der Waals surface area (Å²) >= 11 is 0. The van der Waals surface area contributed by atoms with E-state index in [2.05, 4.69) is 17.2 Å². The van der Waals surface area contributed by atoms with Gasteiger partial charge in [0.15, 0.2) is 5.76 Å². The molecule has 1 aromatic heterocycles. The van der Waals surface area contributed by atoms with Crippen molar-refractivity contribution in [3.8, 4) is 11.3 Å². The monoisotopic (exact) mass is 266 g/mol. The quantitative estimate of drug-likeness (QED) is 0.897. The molecule has 0 spiro atoms. The number of rotatable bonds is 5. The van der Waals surface area contributed by atoms with E-state index in [1.165, 1.54) is 6.20 Å². The summed E-state index contributed by atoms with van der Waals surface area (Å²) in [4.78, 5) is 4.10. The smallest absolute Gasteiger partial charge is 0.211 e. The van der Waals surface area contributed by atoms with Crippen molar-refractivity contribution in [3.05, 3.63) is 41.9 Å². The normalized spacial score (nSPS) is 12.6. The number of aromatic nitrogens is 1. The Balaban J connectivity index is 2.23. The Kier molecular flexibility index (Phi) is 4.27. The van der Waals surface area contributed by atoms with Crippen molar-refractivity contribution in [2.45, 2.75) is 26.3 Å². The molecular weight excluding hydrogens is 250 g/mol. The molecule has 19 heavy (non-hydrogen) atoms. The fourth-order valence-electron chi connectivity index (χ4n) is 1.75. The lowest BCUT2D eigenvalue weighted by atomic mass is 10.2. The SMILES string of the molecule is CCCNC(C)c1ncc(-c2cc(F)ccc2F)o1. The molecule has 5 heteroatoms. The van der Waals surface area contributed by atoms with Crippen LogP contribution in [-0.4, -0.2) is 11.5 Å². The summed E-state index contributed by atoms with van der Waals surface area (Å²) in [5.41, 5.74) is 0.0847. The number of nitrogens with zero attached hydrogens (tertiary/aromatic N) is 1. The first kappa shape index (κ1) is 13.7. The van der Waals surface area contributed by atoms with E-state index in [4.69, 9.17) is 4.42 Å². The zero-order valence-corrected chi connectivity index (χ0v) is 10.9. The molecule has 0 radical (unpaired) electrons. The first-order valence-corrected chi connectivity index (χ1v) is 6.26. The van der Waals surface area contributed by atoms with Gasteiger partial charge >= 0.3 is 0 Å². The lowest BCUT2D eigenvalue weighted by molar-refractivity contribution is 0.421. The molecule has 0 amide bonds. The Hall–Kier alpha value is -1.75. The van der Waals surface area contributed by atoms with Gasteiger partial charge in [-0.15, -0.1) is 0 Å². The minimum absolute atomic E-state index is 0.0645. The van der Waals surface area contributed by atoms with Crippen molar-refractivity contribution < 1.29 is 13.2 Å². The standard InChI is InChI=1S/C14H16F2N2O/c1-3-6-17-9(2)14-18-8-13(19-14)11-7-10(15)4-5-12(11)16/h4-5,7-9,17H,3,6H2,1-2H3. The zero-order valence-electron chi connectivity index (χ0n) is 10.9. The van der Waals surface area contributed by atoms with Gasteiger partial charge in [-0.05, 0) is 38.1 Å². The van der Waals surface area contributed by atoms with Crippen LogP contribution in [0, 0.1) is 11.6 Å². The number of benzene rings is 1. The summed E-state index contributed by atoms with van der Waals surface area (Å²) in [7, 11) is 0. The van der Waals surface area contributed by atoms with Gasteiger partial charge in [0.25, 0.3) is 0 Å². The lowest BCUT2D eigenvalue weighted by Gasteiger charge is -2.08. The van der Waals surface area contributed by atoms with E-state index < -0.39 is 11.6 Å². The van der Waals surface area contributed by atoms with Crippen LogP contribution < -0.4 is 5.32 Å². The molecule has 0 fully saturated rings. The van der Waals surface area contributed by atoms with Gasteiger partial charge in [-0.25, -0.2) is 13.8 Å². The number of nitrogens with one attached hydrogen (secondary N) is 1. The highest BCUT2D eigenvalue weighted by Crippen LogP contribution is 2.26. The van der Waals surface area contributed by atoms with Crippen molar-refractivity contribution >= 4 is 0 Å². The Morgan fingerprint density at radius 3 is 2.89 bits per heavy atom. The molecule has 0 aliphatic rings. The van der Waals surface area contributed by atoms with Gasteiger partial charge < -0.3 is 9.73 Å². The topological polar surface area (TPSA) is 38.1 Å². The van der Waals surface area contributed by atoms with Crippen LogP contribution in [0.2, 0.25) is 0 Å². The van der Waals surface area contributed by atoms with E-state index >= 15 is 0 Å². The molecule has 1 unspecified atom stereocenters. The van der Waals surface area contributed by atoms with Gasteiger partial charge in [-0.3, -0.25) is 0 Å². The first-order chi connectivity index (χ1) is 9.11. The van der Waals surface area contributed by atoms with Crippen LogP contribution in [0.1, 0.15) is 32.2 Å². The van der Waals surface area contributed by atoms with Gasteiger partial charge in [0.1, 0.15) is 11.6 Å². The average molecular weight is 266 g/mol. The zero-order chi connectivity index (χ0) is 13.8. The highest BCUT2D eigenvalue weighted by molar-refractivity contribution is 5.57. The van der Waals surface area contributed by atoms with Gasteiger partial charge in [0.05, 0.1) is 17.8 Å². The van der Waals surface area contributed by atoms with Crippen LogP contribution in [0.15, 0.2) is 28.8 Å². The average Bonchev–Trinajstić information content (AvgIpc) is 2.88. The van der Waals surface area contributed by atoms with Gasteiger partial charge in [0.2, 0.25) is 5.89 Å². The second kappa shape index (κ2) is 5.93. The summed E-state index contributed by atoms with van der Waals surface area (Å²) in [5, 5.41) is 3.22. The largest absolute Gasteiger partial charge is 0.439 e. The van der Waals surface area contributed by atoms with Crippen LogP contribution in [0.4, 0.5) is 8.78 Å². The van der Waals surface area contributed by atoms with Crippen LogP contribution in [0.25, 0.3) is 11.3 Å². The summed E-state index contributed by atoms with van der Waals surface area (Å²) in [5.74, 6) is -0.339. The molecular formula is C14H16F2N2O. The van der Waals surface area contributed by atoms with Crippen LogP contribution in [0.5, 0.6) is 0 Å². The molecule has 0 saturated carbocycles. The van der Waals surface area contributed by atoms with Gasteiger partial charge in [0, 0.05) is 0 Å². The Morgan fingerprint density at radius 1 is 1.37 bits per heavy atom. The molecule has 0 aliphatic carbocycles. The highest BCUT2D eigenvalue weighted by atomic mass is 19.1. The van der Waals surface area contributed by atoms with Crippen LogP contribution in [-0.2, 0) is 0 Å². The van der Waals surface area contributed by atoms with Crippen molar-refractivity contribution in [1.29, 1.82) is 0 Å². The predicted octanol–water partition coefficient (Wildman–Crippen LogP) is 3.68. The van der Waals surface area contributed by atoms with Crippen molar-refractivity contribution in [1.82, 2.24) is 10.3 Å². The van der Waals surface area contributed by atoms with Gasteiger partial charge in [-0.1, -0.05) is 6.92 Å². The molecule has 3 nitrogen and oxygen atoms in total. The maximum atomic E-state index is 13.6. The van der Waals surface area contributed by atoms with E-state index in [9.17, 15) is 8.78 Å². The van der Waals surface area contributed by atoms with E-state index in [1.807, 2.05) is 6.92 Å². The van der Waals surface area contributed by atoms with E-state index in [0.29, 0.717) is 5.89 Å². The van der Waals surface area contributed by atoms with Crippen molar-refractivity contribution in [3.63, 3.8) is 0 Å². The van der Waals surface area contributed by atoms with E-state index in [0.717, 1.165) is 31.2 Å². The second-order valence-electron chi connectivity index (χ2n) is 4.36. The van der Waals surface area contributed by atoms with Crippen molar-refractivity contribution in [2.24, 2.45) is 0 Å². The van der Waals surface area contributed by atoms with Crippen LogP contribution >= 0.6 is 0 Å². The minimum atomic E-state index is -0.529. The third kappa shape index (κ3) is 3.17. The fourth-order valence-corrected chi connectivity index (χ4v) is 1.75. The molecule has 0 aliphatic heterocycles. The highest BCUT2D eigenvalue weighted by Gasteiger charge is 2.15. The second-order valence-corrected chi connectivity index (χ2v) is 4.36. The maximum absolute atomic E-state index is 13.6. The molecule has 1 aromatic carbocycles. The molecule has 2 aromatic rings. The number of halogens is 2. The van der Waals surface area contributed by atoms with Crippen LogP contribution in [0.3, 0.4) is 0 Å². The summed E-state index contributed by atoms with van der Waals surface area (Å²) in [6.07, 6.45) is 2.41. The lowest BCUT2D eigenvalue weighted by Crippen LogP contribution is -2.19. The van der Waals surface area contributed by atoms with E-state index in [-0.39, 0.29) is 17.4 Å². The third-order valence-corrected chi connectivity index (χ3v) is 2.79. The predicted molar refractivity (Wildman–Crippen MR) is 68.6 cm³/mol. The Morgan fingerprint density at radius 2 is 2.16 bits per heavy atom. The maximum Gasteiger partial charge on any atom is 0.211 e. The molecule has 0 saturated heterocycles. The number of hydrogen-bond donors (Lipinski definition) is 1. The van der Waals surface area contributed by atoms with Crippen molar-refractivity contribution in [2.75, 3.05) is 6.54 Å². The number of hydrogen-bond acceptors (Lipinski definition) is 3. The molecule has 1 N–H and O–H groups in total. The summed E-state index contributed by atoms with van der Waals surface area (Å²) < 4.78 is 32.2. The van der Waals surface area contributed by atoms with Gasteiger partial charge in [-0.2, -0.15) is 0 Å². The molecule has 102 valence electrons. The first-order valence-electron chi connectivity index (χ1n) is 6.26. The molecule has 2 rings (SSSR count). The number of oxazole rings is 1. The third-order valence-electron chi connectivity index (χ3n) is 2.79. The summed E-state index contributed by atoms with van der Waals surface area (Å²) in [6.45, 7) is 4.81. The minimum Gasteiger partial charge on any atom is -0.439 e. The van der Waals surface area contributed by atoms with E-state index in [1.54, 1.807) is 0 Å². The molecule has 0 bridgehead atoms. The fraction of sp³-hybridized carbons (Fsp3) is 0.357. The molecule has 1 atom stereocenters. The Labute approximate surface area is 110 Å². The molecule has 1 heterocycles. The Bertz CT molecular complexity index is 554. The summed E-state index contributed by atoms with van der Waals surface area (Å²) in [6, 6.07) is 3.18.